The number of hydrogen-bond donors (Lipinski definition) is 1. The Morgan fingerprint density at radius 2 is 1.96 bits per heavy atom. The molecular weight excluding hydrogens is 401 g/mol. The molecule has 0 saturated heterocycles. The Balaban J connectivity index is 0.00000264. The zero-order valence-corrected chi connectivity index (χ0v) is 16.4. The molecule has 0 amide bonds. The van der Waals surface area contributed by atoms with E-state index in [1.165, 1.54) is 11.1 Å². The number of halogens is 1. The fourth-order valence-corrected chi connectivity index (χ4v) is 2.33. The van der Waals surface area contributed by atoms with Gasteiger partial charge in [-0.15, -0.1) is 24.0 Å². The summed E-state index contributed by atoms with van der Waals surface area (Å²) in [6, 6.07) is 8.76. The molecule has 0 atom stereocenters. The van der Waals surface area contributed by atoms with Gasteiger partial charge < -0.3 is 14.8 Å². The highest BCUT2D eigenvalue weighted by atomic mass is 127. The van der Waals surface area contributed by atoms with Crippen molar-refractivity contribution in [1.82, 2.24) is 19.8 Å². The summed E-state index contributed by atoms with van der Waals surface area (Å²) in [4.78, 5) is 10.5. The van der Waals surface area contributed by atoms with Crippen LogP contribution < -0.4 is 5.32 Å². The van der Waals surface area contributed by atoms with Crippen LogP contribution in [0.4, 0.5) is 0 Å². The van der Waals surface area contributed by atoms with Crippen LogP contribution in [0.25, 0.3) is 0 Å². The molecule has 1 N–H and O–H groups in total. The van der Waals surface area contributed by atoms with Crippen molar-refractivity contribution in [3.05, 3.63) is 54.1 Å². The molecule has 126 valence electrons. The second-order valence-corrected chi connectivity index (χ2v) is 5.30. The van der Waals surface area contributed by atoms with Crippen LogP contribution in [0, 0.1) is 0 Å². The first-order valence-corrected chi connectivity index (χ1v) is 7.68. The van der Waals surface area contributed by atoms with E-state index in [0.29, 0.717) is 0 Å². The van der Waals surface area contributed by atoms with Crippen molar-refractivity contribution >= 4 is 29.9 Å². The van der Waals surface area contributed by atoms with E-state index in [-0.39, 0.29) is 24.0 Å². The summed E-state index contributed by atoms with van der Waals surface area (Å²) in [6.45, 7) is 4.71. The lowest BCUT2D eigenvalue weighted by Gasteiger charge is -2.22. The first-order chi connectivity index (χ1) is 10.7. The van der Waals surface area contributed by atoms with Crippen LogP contribution >= 0.6 is 24.0 Å². The van der Waals surface area contributed by atoms with Gasteiger partial charge in [-0.1, -0.05) is 31.2 Å². The molecule has 2 aromatic rings. The number of aryl methyl sites for hydroxylation is 1. The first-order valence-electron chi connectivity index (χ1n) is 7.68. The maximum absolute atomic E-state index is 4.34. The molecule has 2 rings (SSSR count). The van der Waals surface area contributed by atoms with Crippen molar-refractivity contribution in [2.45, 2.75) is 26.4 Å². The van der Waals surface area contributed by atoms with Gasteiger partial charge >= 0.3 is 0 Å². The van der Waals surface area contributed by atoms with E-state index in [4.69, 9.17) is 0 Å². The highest BCUT2D eigenvalue weighted by Gasteiger charge is 2.06. The fourth-order valence-electron chi connectivity index (χ4n) is 2.33. The summed E-state index contributed by atoms with van der Waals surface area (Å²) >= 11 is 0. The lowest BCUT2D eigenvalue weighted by atomic mass is 10.1. The topological polar surface area (TPSA) is 45.5 Å². The number of benzene rings is 1. The van der Waals surface area contributed by atoms with Gasteiger partial charge in [0.05, 0.1) is 6.33 Å². The number of nitrogens with zero attached hydrogens (tertiary/aromatic N) is 4. The van der Waals surface area contributed by atoms with Crippen LogP contribution in [0.15, 0.2) is 48.0 Å². The Bertz CT molecular complexity index is 578. The number of aromatic nitrogens is 2. The van der Waals surface area contributed by atoms with Gasteiger partial charge in [0.15, 0.2) is 5.96 Å². The van der Waals surface area contributed by atoms with E-state index in [2.05, 4.69) is 58.4 Å². The van der Waals surface area contributed by atoms with Crippen molar-refractivity contribution in [3.8, 4) is 0 Å². The maximum atomic E-state index is 4.34. The van der Waals surface area contributed by atoms with Crippen LogP contribution in [-0.2, 0) is 19.5 Å². The van der Waals surface area contributed by atoms with Crippen molar-refractivity contribution in [3.63, 3.8) is 0 Å². The Morgan fingerprint density at radius 1 is 1.26 bits per heavy atom. The van der Waals surface area contributed by atoms with Gasteiger partial charge in [-0.05, 0) is 17.5 Å². The highest BCUT2D eigenvalue weighted by molar-refractivity contribution is 14.0. The van der Waals surface area contributed by atoms with E-state index in [1.807, 2.05) is 24.1 Å². The Morgan fingerprint density at radius 3 is 2.52 bits per heavy atom. The number of rotatable bonds is 6. The summed E-state index contributed by atoms with van der Waals surface area (Å²) < 4.78 is 2.05. The Hall–Kier alpha value is -1.57. The molecule has 0 radical (unpaired) electrons. The summed E-state index contributed by atoms with van der Waals surface area (Å²) in [6.07, 6.45) is 6.65. The van der Waals surface area contributed by atoms with E-state index in [9.17, 15) is 0 Å². The predicted molar refractivity (Wildman–Crippen MR) is 106 cm³/mol. The molecule has 1 heterocycles. The van der Waals surface area contributed by atoms with Gasteiger partial charge in [-0.25, -0.2) is 4.98 Å². The van der Waals surface area contributed by atoms with Crippen LogP contribution in [-0.4, -0.2) is 41.1 Å². The van der Waals surface area contributed by atoms with Crippen molar-refractivity contribution in [1.29, 1.82) is 0 Å². The van der Waals surface area contributed by atoms with Gasteiger partial charge in [0.25, 0.3) is 0 Å². The number of guanidine groups is 1. The maximum Gasteiger partial charge on any atom is 0.193 e. The minimum Gasteiger partial charge on any atom is -0.354 e. The van der Waals surface area contributed by atoms with Crippen LogP contribution in [0.1, 0.15) is 18.1 Å². The van der Waals surface area contributed by atoms with Crippen molar-refractivity contribution in [2.75, 3.05) is 20.6 Å². The Kier molecular flexibility index (Phi) is 8.68. The SMILES string of the molecule is CCc1ccc(CN(C)C(=NC)NCCn2ccnc2)cc1.I. The molecule has 5 nitrogen and oxygen atoms in total. The van der Waals surface area contributed by atoms with Gasteiger partial charge in [0.2, 0.25) is 0 Å². The number of nitrogens with one attached hydrogen (secondary N) is 1. The third-order valence-corrected chi connectivity index (χ3v) is 3.64. The minimum absolute atomic E-state index is 0. The zero-order valence-electron chi connectivity index (χ0n) is 14.1. The molecule has 0 unspecified atom stereocenters. The molecule has 0 aliphatic heterocycles. The van der Waals surface area contributed by atoms with Crippen LogP contribution in [0.3, 0.4) is 0 Å². The van der Waals surface area contributed by atoms with E-state index < -0.39 is 0 Å². The molecule has 0 fully saturated rings. The third-order valence-electron chi connectivity index (χ3n) is 3.64. The van der Waals surface area contributed by atoms with Gasteiger partial charge in [-0.2, -0.15) is 0 Å². The predicted octanol–water partition coefficient (Wildman–Crippen LogP) is 2.77. The molecule has 1 aromatic carbocycles. The summed E-state index contributed by atoms with van der Waals surface area (Å²) in [5.74, 6) is 0.902. The molecule has 0 spiro atoms. The van der Waals surface area contributed by atoms with Crippen LogP contribution in [0.5, 0.6) is 0 Å². The van der Waals surface area contributed by atoms with E-state index >= 15 is 0 Å². The average Bonchev–Trinajstić information content (AvgIpc) is 3.05. The zero-order chi connectivity index (χ0) is 15.8. The van der Waals surface area contributed by atoms with Crippen molar-refractivity contribution < 1.29 is 0 Å². The Labute approximate surface area is 155 Å². The minimum atomic E-state index is 0. The van der Waals surface area contributed by atoms with E-state index in [1.54, 1.807) is 6.20 Å². The first kappa shape index (κ1) is 19.5. The van der Waals surface area contributed by atoms with E-state index in [0.717, 1.165) is 32.0 Å². The number of imidazole rings is 1. The molecular formula is C17H26IN5. The molecule has 6 heteroatoms. The number of hydrogen-bond acceptors (Lipinski definition) is 2. The van der Waals surface area contributed by atoms with Crippen molar-refractivity contribution in [2.24, 2.45) is 4.99 Å². The standard InChI is InChI=1S/C17H25N5.HI/c1-4-15-5-7-16(8-6-15)13-21(3)17(18-2)20-10-12-22-11-9-19-14-22;/h5-9,11,14H,4,10,12-13H2,1-3H3,(H,18,20);1H. The molecule has 0 saturated carbocycles. The van der Waals surface area contributed by atoms with Gasteiger partial charge in [0.1, 0.15) is 0 Å². The smallest absolute Gasteiger partial charge is 0.193 e. The lowest BCUT2D eigenvalue weighted by molar-refractivity contribution is 0.473. The molecule has 0 bridgehead atoms. The van der Waals surface area contributed by atoms with Crippen LogP contribution in [0.2, 0.25) is 0 Å². The molecule has 0 aliphatic rings. The third kappa shape index (κ3) is 6.21. The second-order valence-electron chi connectivity index (χ2n) is 5.30. The molecule has 23 heavy (non-hydrogen) atoms. The second kappa shape index (κ2) is 10.3. The monoisotopic (exact) mass is 427 g/mol. The highest BCUT2D eigenvalue weighted by Crippen LogP contribution is 2.07. The average molecular weight is 427 g/mol. The molecule has 1 aromatic heterocycles. The normalized spacial score (nSPS) is 11.0. The molecule has 0 aliphatic carbocycles. The summed E-state index contributed by atoms with van der Waals surface area (Å²) in [5, 5.41) is 3.38. The fraction of sp³-hybridized carbons (Fsp3) is 0.412. The number of aliphatic imine (C=N–C) groups is 1. The summed E-state index contributed by atoms with van der Waals surface area (Å²) in [5.41, 5.74) is 2.66. The quantitative estimate of drug-likeness (QED) is 0.438. The largest absolute Gasteiger partial charge is 0.354 e. The lowest BCUT2D eigenvalue weighted by Crippen LogP contribution is -2.39. The van der Waals surface area contributed by atoms with Gasteiger partial charge in [0, 0.05) is 46.1 Å². The summed E-state index contributed by atoms with van der Waals surface area (Å²) in [7, 11) is 3.87. The van der Waals surface area contributed by atoms with Gasteiger partial charge in [-0.3, -0.25) is 4.99 Å².